The Morgan fingerprint density at radius 3 is 2.92 bits per heavy atom. The molecule has 1 saturated heterocycles. The number of nitrogens with one attached hydrogen (secondary N) is 1. The normalized spacial score (nSPS) is 22.8. The van der Waals surface area contributed by atoms with Crippen molar-refractivity contribution >= 4 is 17.7 Å². The smallest absolute Gasteiger partial charge is 0.236 e. The molecule has 0 aromatic rings. The first-order valence-corrected chi connectivity index (χ1v) is 5.87. The summed E-state index contributed by atoms with van der Waals surface area (Å²) in [5, 5.41) is 3.29. The van der Waals surface area contributed by atoms with Crippen LogP contribution < -0.4 is 5.32 Å². The van der Waals surface area contributed by atoms with Gasteiger partial charge in [-0.15, -0.1) is 0 Å². The number of thioether (sulfide) groups is 1. The summed E-state index contributed by atoms with van der Waals surface area (Å²) in [4.78, 5) is 12.9. The van der Waals surface area contributed by atoms with E-state index < -0.39 is 0 Å². The number of carbonyl (C=O) groups excluding carboxylic acids is 1. The number of carbonyl (C=O) groups is 1. The van der Waals surface area contributed by atoms with Crippen molar-refractivity contribution in [2.75, 3.05) is 32.1 Å². The quantitative estimate of drug-likeness (QED) is 0.726. The maximum atomic E-state index is 11.2. The summed E-state index contributed by atoms with van der Waals surface area (Å²) in [6, 6.07) is 0.544. The summed E-state index contributed by atoms with van der Waals surface area (Å²) in [6.07, 6.45) is 2.49. The topological polar surface area (TPSA) is 32.3 Å². The monoisotopic (exact) mass is 202 g/mol. The molecule has 0 aromatic carbocycles. The molecule has 1 atom stereocenters. The minimum absolute atomic E-state index is 0.163. The lowest BCUT2D eigenvalue weighted by Crippen LogP contribution is -2.40. The fourth-order valence-corrected chi connectivity index (χ4v) is 2.40. The zero-order valence-corrected chi connectivity index (χ0v) is 9.19. The molecule has 1 aliphatic rings. The molecule has 1 rings (SSSR count). The van der Waals surface area contributed by atoms with Gasteiger partial charge in [-0.3, -0.25) is 4.79 Å². The van der Waals surface area contributed by atoms with Crippen molar-refractivity contribution in [1.82, 2.24) is 10.2 Å². The molecule has 1 heterocycles. The molecule has 0 aliphatic carbocycles. The molecule has 0 aromatic heterocycles. The van der Waals surface area contributed by atoms with E-state index in [1.807, 2.05) is 11.8 Å². The summed E-state index contributed by atoms with van der Waals surface area (Å²) in [5.74, 6) is 2.59. The number of amides is 1. The van der Waals surface area contributed by atoms with Crippen molar-refractivity contribution in [3.63, 3.8) is 0 Å². The predicted molar refractivity (Wildman–Crippen MR) is 57.0 cm³/mol. The molecular formula is C9H18N2OS. The summed E-state index contributed by atoms with van der Waals surface area (Å²) in [5.41, 5.74) is 0. The Labute approximate surface area is 84.2 Å². The SMILES string of the molecule is CN(C)C(=O)CN[C@H]1CCCSC1. The molecule has 0 spiro atoms. The molecule has 13 heavy (non-hydrogen) atoms. The van der Waals surface area contributed by atoms with Crippen LogP contribution in [0.3, 0.4) is 0 Å². The van der Waals surface area contributed by atoms with Gasteiger partial charge in [-0.25, -0.2) is 0 Å². The maximum absolute atomic E-state index is 11.2. The second-order valence-corrected chi connectivity index (χ2v) is 4.73. The van der Waals surface area contributed by atoms with Crippen LogP contribution in [0.25, 0.3) is 0 Å². The number of likely N-dealkylation sites (N-methyl/N-ethyl adjacent to an activating group) is 1. The fourth-order valence-electron chi connectivity index (χ4n) is 1.29. The van der Waals surface area contributed by atoms with Crippen LogP contribution in [0.4, 0.5) is 0 Å². The second-order valence-electron chi connectivity index (χ2n) is 3.58. The van der Waals surface area contributed by atoms with Crippen LogP contribution >= 0.6 is 11.8 Å². The van der Waals surface area contributed by atoms with Crippen molar-refractivity contribution in [3.05, 3.63) is 0 Å². The third-order valence-corrected chi connectivity index (χ3v) is 3.42. The summed E-state index contributed by atoms with van der Waals surface area (Å²) < 4.78 is 0. The van der Waals surface area contributed by atoms with Gasteiger partial charge in [0.1, 0.15) is 0 Å². The van der Waals surface area contributed by atoms with Crippen molar-refractivity contribution in [1.29, 1.82) is 0 Å². The van der Waals surface area contributed by atoms with Crippen LogP contribution in [0.15, 0.2) is 0 Å². The highest BCUT2D eigenvalue weighted by Gasteiger charge is 2.14. The van der Waals surface area contributed by atoms with Gasteiger partial charge in [0, 0.05) is 25.9 Å². The van der Waals surface area contributed by atoms with Crippen molar-refractivity contribution in [2.45, 2.75) is 18.9 Å². The molecule has 4 heteroatoms. The first-order chi connectivity index (χ1) is 6.20. The van der Waals surface area contributed by atoms with Crippen molar-refractivity contribution in [2.24, 2.45) is 0 Å². The van der Waals surface area contributed by atoms with Gasteiger partial charge in [-0.1, -0.05) is 0 Å². The number of hydrogen-bond acceptors (Lipinski definition) is 3. The van der Waals surface area contributed by atoms with Gasteiger partial charge in [0.05, 0.1) is 6.54 Å². The Bertz CT molecular complexity index is 167. The molecule has 76 valence electrons. The highest BCUT2D eigenvalue weighted by atomic mass is 32.2. The molecule has 1 fully saturated rings. The van der Waals surface area contributed by atoms with E-state index in [-0.39, 0.29) is 5.91 Å². The Morgan fingerprint density at radius 1 is 1.62 bits per heavy atom. The second kappa shape index (κ2) is 5.50. The van der Waals surface area contributed by atoms with Crippen LogP contribution in [-0.4, -0.2) is 49.0 Å². The zero-order valence-electron chi connectivity index (χ0n) is 8.38. The number of hydrogen-bond donors (Lipinski definition) is 1. The van der Waals surface area contributed by atoms with Gasteiger partial charge in [0.2, 0.25) is 5.91 Å². The Hall–Kier alpha value is -0.220. The molecule has 0 radical (unpaired) electrons. The summed E-state index contributed by atoms with van der Waals surface area (Å²) >= 11 is 1.98. The Balaban J connectivity index is 2.13. The number of rotatable bonds is 3. The molecule has 0 bridgehead atoms. The van der Waals surface area contributed by atoms with Gasteiger partial charge in [-0.05, 0) is 18.6 Å². The van der Waals surface area contributed by atoms with E-state index >= 15 is 0 Å². The van der Waals surface area contributed by atoms with Crippen molar-refractivity contribution < 1.29 is 4.79 Å². The Morgan fingerprint density at radius 2 is 2.38 bits per heavy atom. The fraction of sp³-hybridized carbons (Fsp3) is 0.889. The largest absolute Gasteiger partial charge is 0.348 e. The zero-order chi connectivity index (χ0) is 9.68. The molecule has 1 amide bonds. The average Bonchev–Trinajstić information content (AvgIpc) is 2.15. The first-order valence-electron chi connectivity index (χ1n) is 4.71. The van der Waals surface area contributed by atoms with Gasteiger partial charge >= 0.3 is 0 Å². The van der Waals surface area contributed by atoms with Crippen LogP contribution in [0.2, 0.25) is 0 Å². The minimum Gasteiger partial charge on any atom is -0.348 e. The van der Waals surface area contributed by atoms with E-state index in [9.17, 15) is 4.79 Å². The van der Waals surface area contributed by atoms with E-state index in [2.05, 4.69) is 5.32 Å². The van der Waals surface area contributed by atoms with E-state index in [0.29, 0.717) is 12.6 Å². The van der Waals surface area contributed by atoms with Crippen LogP contribution in [0, 0.1) is 0 Å². The van der Waals surface area contributed by atoms with E-state index in [0.717, 1.165) is 5.75 Å². The van der Waals surface area contributed by atoms with Gasteiger partial charge < -0.3 is 10.2 Å². The molecule has 1 aliphatic heterocycles. The lowest BCUT2D eigenvalue weighted by atomic mass is 10.2. The highest BCUT2D eigenvalue weighted by Crippen LogP contribution is 2.16. The summed E-state index contributed by atoms with van der Waals surface area (Å²) in [6.45, 7) is 0.484. The molecular weight excluding hydrogens is 184 g/mol. The molecule has 0 unspecified atom stereocenters. The van der Waals surface area contributed by atoms with E-state index in [4.69, 9.17) is 0 Å². The number of nitrogens with zero attached hydrogens (tertiary/aromatic N) is 1. The molecule has 0 saturated carbocycles. The van der Waals surface area contributed by atoms with Crippen LogP contribution in [0.1, 0.15) is 12.8 Å². The lowest BCUT2D eigenvalue weighted by molar-refractivity contribution is -0.127. The average molecular weight is 202 g/mol. The molecule has 3 nitrogen and oxygen atoms in total. The third-order valence-electron chi connectivity index (χ3n) is 2.20. The van der Waals surface area contributed by atoms with Gasteiger partial charge in [0.25, 0.3) is 0 Å². The molecule has 1 N–H and O–H groups in total. The third kappa shape index (κ3) is 4.00. The first kappa shape index (κ1) is 10.9. The van der Waals surface area contributed by atoms with Crippen LogP contribution in [-0.2, 0) is 4.79 Å². The van der Waals surface area contributed by atoms with Gasteiger partial charge in [0.15, 0.2) is 0 Å². The van der Waals surface area contributed by atoms with E-state index in [1.54, 1.807) is 19.0 Å². The summed E-state index contributed by atoms with van der Waals surface area (Å²) in [7, 11) is 3.58. The van der Waals surface area contributed by atoms with E-state index in [1.165, 1.54) is 18.6 Å². The minimum atomic E-state index is 0.163. The van der Waals surface area contributed by atoms with Crippen molar-refractivity contribution in [3.8, 4) is 0 Å². The van der Waals surface area contributed by atoms with Crippen LogP contribution in [0.5, 0.6) is 0 Å². The Kier molecular flexibility index (Phi) is 4.59. The highest BCUT2D eigenvalue weighted by molar-refractivity contribution is 7.99. The maximum Gasteiger partial charge on any atom is 0.236 e. The standard InChI is InChI=1S/C9H18N2OS/c1-11(2)9(12)6-10-8-4-3-5-13-7-8/h8,10H,3-7H2,1-2H3/t8-/m0/s1. The lowest BCUT2D eigenvalue weighted by Gasteiger charge is -2.23. The predicted octanol–water partition coefficient (Wildman–Crippen LogP) is 0.560. The van der Waals surface area contributed by atoms with Gasteiger partial charge in [-0.2, -0.15) is 11.8 Å².